The van der Waals surface area contributed by atoms with Crippen molar-refractivity contribution >= 4 is 5.91 Å². The molecule has 2 aromatic heterocycles. The lowest BCUT2D eigenvalue weighted by molar-refractivity contribution is 0.0722. The number of aromatic nitrogens is 3. The minimum atomic E-state index is 0.0182. The lowest BCUT2D eigenvalue weighted by Gasteiger charge is -2.28. The molecule has 0 saturated heterocycles. The van der Waals surface area contributed by atoms with Crippen LogP contribution in [0.3, 0.4) is 0 Å². The summed E-state index contributed by atoms with van der Waals surface area (Å²) in [6.45, 7) is 2.04. The third-order valence-electron chi connectivity index (χ3n) is 4.51. The summed E-state index contributed by atoms with van der Waals surface area (Å²) in [5, 5.41) is 4.07. The van der Waals surface area contributed by atoms with Gasteiger partial charge in [0.25, 0.3) is 5.91 Å². The van der Waals surface area contributed by atoms with E-state index in [0.717, 1.165) is 30.2 Å². The third-order valence-corrected chi connectivity index (χ3v) is 4.51. The molecule has 4 rings (SSSR count). The number of amides is 1. The molecule has 3 heterocycles. The Morgan fingerprint density at radius 3 is 2.96 bits per heavy atom. The first-order valence-corrected chi connectivity index (χ1v) is 8.09. The van der Waals surface area contributed by atoms with Crippen molar-refractivity contribution in [2.24, 2.45) is 13.0 Å². The number of ether oxygens (including phenoxy) is 1. The van der Waals surface area contributed by atoms with Crippen LogP contribution in [0.25, 0.3) is 0 Å². The van der Waals surface area contributed by atoms with E-state index in [1.165, 1.54) is 12.8 Å². The van der Waals surface area contributed by atoms with Crippen LogP contribution in [0.4, 0.5) is 0 Å². The van der Waals surface area contributed by atoms with Gasteiger partial charge in [-0.1, -0.05) is 6.07 Å². The van der Waals surface area contributed by atoms with Crippen molar-refractivity contribution in [1.82, 2.24) is 19.7 Å². The van der Waals surface area contributed by atoms with E-state index in [-0.39, 0.29) is 5.91 Å². The number of hydrogen-bond acceptors (Lipinski definition) is 4. The summed E-state index contributed by atoms with van der Waals surface area (Å²) in [5.74, 6) is 1.45. The second kappa shape index (κ2) is 5.68. The van der Waals surface area contributed by atoms with Crippen molar-refractivity contribution in [3.63, 3.8) is 0 Å². The SMILES string of the molecule is Cn1nccc1C(=O)N1CCc2nc(OCC3CC3)ccc2C1. The maximum atomic E-state index is 12.6. The second-order valence-corrected chi connectivity index (χ2v) is 6.33. The highest BCUT2D eigenvalue weighted by atomic mass is 16.5. The first-order valence-electron chi connectivity index (χ1n) is 8.09. The fourth-order valence-electron chi connectivity index (χ4n) is 2.88. The fraction of sp³-hybridized carbons (Fsp3) is 0.471. The Morgan fingerprint density at radius 1 is 1.35 bits per heavy atom. The number of rotatable bonds is 4. The number of pyridine rings is 1. The van der Waals surface area contributed by atoms with Crippen LogP contribution < -0.4 is 4.74 Å². The van der Waals surface area contributed by atoms with Crippen LogP contribution in [0.1, 0.15) is 34.6 Å². The molecule has 6 nitrogen and oxygen atoms in total. The van der Waals surface area contributed by atoms with Crippen LogP contribution in [0.5, 0.6) is 5.88 Å². The van der Waals surface area contributed by atoms with Crippen LogP contribution in [0, 0.1) is 5.92 Å². The number of nitrogens with zero attached hydrogens (tertiary/aromatic N) is 4. The molecule has 6 heteroatoms. The molecule has 0 N–H and O–H groups in total. The van der Waals surface area contributed by atoms with Gasteiger partial charge in [0, 0.05) is 38.8 Å². The zero-order valence-corrected chi connectivity index (χ0v) is 13.2. The van der Waals surface area contributed by atoms with Crippen molar-refractivity contribution in [2.45, 2.75) is 25.8 Å². The summed E-state index contributed by atoms with van der Waals surface area (Å²) in [6, 6.07) is 5.71. The molecule has 0 bridgehead atoms. The molecular formula is C17H20N4O2. The molecule has 2 aliphatic rings. The third kappa shape index (κ3) is 2.93. The van der Waals surface area contributed by atoms with Gasteiger partial charge in [-0.15, -0.1) is 0 Å². The summed E-state index contributed by atoms with van der Waals surface area (Å²) in [5.41, 5.74) is 2.77. The van der Waals surface area contributed by atoms with Gasteiger partial charge in [-0.2, -0.15) is 5.10 Å². The maximum Gasteiger partial charge on any atom is 0.272 e. The van der Waals surface area contributed by atoms with Crippen molar-refractivity contribution in [3.8, 4) is 5.88 Å². The van der Waals surface area contributed by atoms with Gasteiger partial charge in [0.15, 0.2) is 0 Å². The normalized spacial score (nSPS) is 17.0. The van der Waals surface area contributed by atoms with Gasteiger partial charge in [-0.25, -0.2) is 4.98 Å². The summed E-state index contributed by atoms with van der Waals surface area (Å²) in [4.78, 5) is 19.0. The van der Waals surface area contributed by atoms with E-state index in [2.05, 4.69) is 10.1 Å². The van der Waals surface area contributed by atoms with Crippen molar-refractivity contribution in [1.29, 1.82) is 0 Å². The van der Waals surface area contributed by atoms with Crippen LogP contribution in [0.15, 0.2) is 24.4 Å². The summed E-state index contributed by atoms with van der Waals surface area (Å²) >= 11 is 0. The minimum absolute atomic E-state index is 0.0182. The molecule has 1 amide bonds. The number of carbonyl (C=O) groups excluding carboxylic acids is 1. The molecule has 0 spiro atoms. The Bertz CT molecular complexity index is 736. The lowest BCUT2D eigenvalue weighted by Crippen LogP contribution is -2.37. The van der Waals surface area contributed by atoms with Gasteiger partial charge in [-0.05, 0) is 30.4 Å². The molecule has 1 aliphatic heterocycles. The van der Waals surface area contributed by atoms with E-state index < -0.39 is 0 Å². The van der Waals surface area contributed by atoms with Crippen molar-refractivity contribution in [3.05, 3.63) is 41.3 Å². The average molecular weight is 312 g/mol. The van der Waals surface area contributed by atoms with Gasteiger partial charge < -0.3 is 9.64 Å². The first kappa shape index (κ1) is 14.2. The van der Waals surface area contributed by atoms with Crippen molar-refractivity contribution < 1.29 is 9.53 Å². The molecule has 0 radical (unpaired) electrons. The zero-order valence-electron chi connectivity index (χ0n) is 13.2. The molecule has 2 aromatic rings. The Labute approximate surface area is 135 Å². The molecule has 23 heavy (non-hydrogen) atoms. The van der Waals surface area contributed by atoms with Crippen LogP contribution in [0.2, 0.25) is 0 Å². The van der Waals surface area contributed by atoms with E-state index in [9.17, 15) is 4.79 Å². The summed E-state index contributed by atoms with van der Waals surface area (Å²) in [7, 11) is 1.79. The largest absolute Gasteiger partial charge is 0.477 e. The smallest absolute Gasteiger partial charge is 0.272 e. The van der Waals surface area contributed by atoms with Gasteiger partial charge in [0.2, 0.25) is 5.88 Å². The average Bonchev–Trinajstić information content (AvgIpc) is 3.31. The second-order valence-electron chi connectivity index (χ2n) is 6.33. The zero-order chi connectivity index (χ0) is 15.8. The Balaban J connectivity index is 1.46. The highest BCUT2D eigenvalue weighted by Gasteiger charge is 2.25. The molecule has 0 unspecified atom stereocenters. The van der Waals surface area contributed by atoms with Gasteiger partial charge in [0.05, 0.1) is 12.3 Å². The van der Waals surface area contributed by atoms with E-state index in [4.69, 9.17) is 4.74 Å². The summed E-state index contributed by atoms with van der Waals surface area (Å²) < 4.78 is 7.36. The number of hydrogen-bond donors (Lipinski definition) is 0. The van der Waals surface area contributed by atoms with Crippen molar-refractivity contribution in [2.75, 3.05) is 13.2 Å². The standard InChI is InChI=1S/C17H20N4O2/c1-20-15(6-8-18-20)17(22)21-9-7-14-13(10-21)4-5-16(19-14)23-11-12-2-3-12/h4-6,8,12H,2-3,7,9-11H2,1H3. The predicted octanol–water partition coefficient (Wildman–Crippen LogP) is 1.80. The Morgan fingerprint density at radius 2 is 2.22 bits per heavy atom. The Hall–Kier alpha value is -2.37. The summed E-state index contributed by atoms with van der Waals surface area (Å²) in [6.07, 6.45) is 4.96. The topological polar surface area (TPSA) is 60.2 Å². The van der Waals surface area contributed by atoms with E-state index >= 15 is 0 Å². The van der Waals surface area contributed by atoms with Gasteiger partial charge in [0.1, 0.15) is 5.69 Å². The fourth-order valence-corrected chi connectivity index (χ4v) is 2.88. The highest BCUT2D eigenvalue weighted by Crippen LogP contribution is 2.29. The Kier molecular flexibility index (Phi) is 3.52. The van der Waals surface area contributed by atoms with Crippen LogP contribution in [-0.2, 0) is 20.0 Å². The van der Waals surface area contributed by atoms with E-state index in [1.54, 1.807) is 24.0 Å². The molecule has 120 valence electrons. The number of carbonyl (C=O) groups is 1. The van der Waals surface area contributed by atoms with Gasteiger partial charge >= 0.3 is 0 Å². The predicted molar refractivity (Wildman–Crippen MR) is 84.1 cm³/mol. The lowest BCUT2D eigenvalue weighted by atomic mass is 10.1. The quantitative estimate of drug-likeness (QED) is 0.864. The minimum Gasteiger partial charge on any atom is -0.477 e. The molecular weight excluding hydrogens is 292 g/mol. The van der Waals surface area contributed by atoms with E-state index in [0.29, 0.717) is 24.7 Å². The number of aryl methyl sites for hydroxylation is 1. The highest BCUT2D eigenvalue weighted by molar-refractivity contribution is 5.92. The first-order chi connectivity index (χ1) is 11.2. The maximum absolute atomic E-state index is 12.6. The monoisotopic (exact) mass is 312 g/mol. The van der Waals surface area contributed by atoms with Crippen LogP contribution in [-0.4, -0.2) is 38.7 Å². The molecule has 1 aliphatic carbocycles. The van der Waals surface area contributed by atoms with Gasteiger partial charge in [-0.3, -0.25) is 9.48 Å². The van der Waals surface area contributed by atoms with E-state index in [1.807, 2.05) is 17.0 Å². The molecule has 0 atom stereocenters. The van der Waals surface area contributed by atoms with Crippen LogP contribution >= 0.6 is 0 Å². The molecule has 1 saturated carbocycles. The molecule has 0 aromatic carbocycles. The number of fused-ring (bicyclic) bond motifs is 1. The molecule has 1 fully saturated rings.